The number of amides is 1. The molecule has 0 aliphatic heterocycles. The molecule has 1 amide bonds. The van der Waals surface area contributed by atoms with Crippen LogP contribution in [0.2, 0.25) is 0 Å². The lowest BCUT2D eigenvalue weighted by molar-refractivity contribution is -0.139. The lowest BCUT2D eigenvalue weighted by Crippen LogP contribution is -2.30. The van der Waals surface area contributed by atoms with Gasteiger partial charge in [0, 0.05) is 27.6 Å². The molecule has 0 unspecified atom stereocenters. The Balaban J connectivity index is 0.00000116. The number of carbonyl (C=O) groups excluding carboxylic acids is 2. The predicted octanol–water partition coefficient (Wildman–Crippen LogP) is 2.69. The summed E-state index contributed by atoms with van der Waals surface area (Å²) in [6, 6.07) is 9.29. The number of esters is 1. The number of rotatable bonds is 4. The average Bonchev–Trinajstić information content (AvgIpc) is 3.08. The third-order valence-electron chi connectivity index (χ3n) is 2.63. The molecule has 0 radical (unpaired) electrons. The Morgan fingerprint density at radius 2 is 2.05 bits per heavy atom. The molecule has 2 N–H and O–H groups in total. The standard InChI is InChI=1S/C14H12BrNO3S.CH4O/c1-19-13(17)8-16-14(18)10-5-4-9(15)7-11(10)12-3-2-6-20-12;1-2/h2-7H,8H2,1H3,(H,16,18);2H,1H3. The van der Waals surface area contributed by atoms with Crippen LogP contribution in [-0.4, -0.2) is 37.7 Å². The number of aliphatic hydroxyl groups excluding tert-OH is 1. The van der Waals surface area contributed by atoms with Gasteiger partial charge in [0.05, 0.1) is 7.11 Å². The second-order valence-corrected chi connectivity index (χ2v) is 5.79. The zero-order chi connectivity index (χ0) is 16.5. The summed E-state index contributed by atoms with van der Waals surface area (Å²) in [6.45, 7) is -0.144. The van der Waals surface area contributed by atoms with E-state index < -0.39 is 5.97 Å². The Kier molecular flexibility index (Phi) is 7.79. The van der Waals surface area contributed by atoms with E-state index in [4.69, 9.17) is 5.11 Å². The van der Waals surface area contributed by atoms with Crippen molar-refractivity contribution in [2.24, 2.45) is 0 Å². The van der Waals surface area contributed by atoms with E-state index in [1.165, 1.54) is 7.11 Å². The summed E-state index contributed by atoms with van der Waals surface area (Å²) in [7, 11) is 2.28. The van der Waals surface area contributed by atoms with Gasteiger partial charge in [-0.25, -0.2) is 0 Å². The lowest BCUT2D eigenvalue weighted by atomic mass is 10.1. The first-order chi connectivity index (χ1) is 10.6. The molecule has 7 heteroatoms. The number of nitrogens with one attached hydrogen (secondary N) is 1. The first-order valence-corrected chi connectivity index (χ1v) is 7.92. The molecular formula is C15H16BrNO4S. The molecule has 1 heterocycles. The molecule has 2 rings (SSSR count). The van der Waals surface area contributed by atoms with Crippen LogP contribution in [0.15, 0.2) is 40.2 Å². The SMILES string of the molecule is CO.COC(=O)CNC(=O)c1ccc(Br)cc1-c1cccs1. The molecule has 0 fully saturated rings. The van der Waals surface area contributed by atoms with E-state index in [9.17, 15) is 9.59 Å². The molecular weight excluding hydrogens is 370 g/mol. The van der Waals surface area contributed by atoms with Crippen LogP contribution in [0, 0.1) is 0 Å². The molecule has 0 bridgehead atoms. The summed E-state index contributed by atoms with van der Waals surface area (Å²) in [5, 5.41) is 11.5. The van der Waals surface area contributed by atoms with Gasteiger partial charge in [0.1, 0.15) is 6.54 Å². The molecule has 0 aliphatic carbocycles. The highest BCUT2D eigenvalue weighted by atomic mass is 79.9. The topological polar surface area (TPSA) is 75.6 Å². The van der Waals surface area contributed by atoms with Gasteiger partial charge in [0.2, 0.25) is 0 Å². The van der Waals surface area contributed by atoms with Crippen LogP contribution in [-0.2, 0) is 9.53 Å². The van der Waals surface area contributed by atoms with Crippen molar-refractivity contribution in [3.63, 3.8) is 0 Å². The van der Waals surface area contributed by atoms with E-state index >= 15 is 0 Å². The van der Waals surface area contributed by atoms with Crippen molar-refractivity contribution in [3.8, 4) is 10.4 Å². The van der Waals surface area contributed by atoms with Gasteiger partial charge in [0.15, 0.2) is 0 Å². The number of thiophene rings is 1. The highest BCUT2D eigenvalue weighted by Crippen LogP contribution is 2.30. The van der Waals surface area contributed by atoms with Gasteiger partial charge in [-0.3, -0.25) is 9.59 Å². The summed E-state index contributed by atoms with van der Waals surface area (Å²) >= 11 is 4.96. The van der Waals surface area contributed by atoms with Gasteiger partial charge < -0.3 is 15.2 Å². The van der Waals surface area contributed by atoms with E-state index in [2.05, 4.69) is 26.0 Å². The molecule has 0 aliphatic rings. The molecule has 0 spiro atoms. The Hall–Kier alpha value is -1.70. The second-order valence-electron chi connectivity index (χ2n) is 3.93. The van der Waals surface area contributed by atoms with Crippen LogP contribution in [0.25, 0.3) is 10.4 Å². The van der Waals surface area contributed by atoms with Crippen molar-refractivity contribution in [2.75, 3.05) is 20.8 Å². The van der Waals surface area contributed by atoms with Crippen LogP contribution >= 0.6 is 27.3 Å². The van der Waals surface area contributed by atoms with Crippen molar-refractivity contribution in [3.05, 3.63) is 45.7 Å². The highest BCUT2D eigenvalue weighted by molar-refractivity contribution is 9.10. The van der Waals surface area contributed by atoms with Gasteiger partial charge in [-0.2, -0.15) is 0 Å². The number of methoxy groups -OCH3 is 1. The number of hydrogen-bond acceptors (Lipinski definition) is 5. The molecule has 22 heavy (non-hydrogen) atoms. The Labute approximate surface area is 141 Å². The first-order valence-electron chi connectivity index (χ1n) is 6.25. The van der Waals surface area contributed by atoms with Crippen molar-refractivity contribution in [2.45, 2.75) is 0 Å². The summed E-state index contributed by atoms with van der Waals surface area (Å²) in [6.07, 6.45) is 0. The van der Waals surface area contributed by atoms with Crippen LogP contribution in [0.4, 0.5) is 0 Å². The van der Waals surface area contributed by atoms with Crippen LogP contribution in [0.3, 0.4) is 0 Å². The number of benzene rings is 1. The lowest BCUT2D eigenvalue weighted by Gasteiger charge is -2.09. The Morgan fingerprint density at radius 1 is 1.32 bits per heavy atom. The smallest absolute Gasteiger partial charge is 0.325 e. The number of aliphatic hydroxyl groups is 1. The monoisotopic (exact) mass is 385 g/mol. The van der Waals surface area contributed by atoms with E-state index in [0.29, 0.717) is 5.56 Å². The third kappa shape index (κ3) is 4.94. The zero-order valence-electron chi connectivity index (χ0n) is 12.1. The quantitative estimate of drug-likeness (QED) is 0.793. The van der Waals surface area contributed by atoms with E-state index in [1.807, 2.05) is 23.6 Å². The number of halogens is 1. The minimum atomic E-state index is -0.479. The van der Waals surface area contributed by atoms with Gasteiger partial charge in [-0.05, 0) is 29.6 Å². The molecule has 0 atom stereocenters. The van der Waals surface area contributed by atoms with E-state index in [-0.39, 0.29) is 12.5 Å². The van der Waals surface area contributed by atoms with Crippen molar-refractivity contribution >= 4 is 39.1 Å². The van der Waals surface area contributed by atoms with Gasteiger partial charge >= 0.3 is 5.97 Å². The molecule has 0 saturated heterocycles. The fourth-order valence-electron chi connectivity index (χ4n) is 1.67. The fourth-order valence-corrected chi connectivity index (χ4v) is 2.79. The van der Waals surface area contributed by atoms with E-state index in [1.54, 1.807) is 23.5 Å². The fraction of sp³-hybridized carbons (Fsp3) is 0.200. The predicted molar refractivity (Wildman–Crippen MR) is 89.9 cm³/mol. The molecule has 1 aromatic carbocycles. The summed E-state index contributed by atoms with van der Waals surface area (Å²) in [5.74, 6) is -0.778. The molecule has 118 valence electrons. The minimum Gasteiger partial charge on any atom is -0.468 e. The normalized spacial score (nSPS) is 9.45. The van der Waals surface area contributed by atoms with Crippen molar-refractivity contribution in [1.29, 1.82) is 0 Å². The van der Waals surface area contributed by atoms with Gasteiger partial charge in [0.25, 0.3) is 5.91 Å². The van der Waals surface area contributed by atoms with Crippen LogP contribution in [0.5, 0.6) is 0 Å². The highest BCUT2D eigenvalue weighted by Gasteiger charge is 2.15. The largest absolute Gasteiger partial charge is 0.468 e. The van der Waals surface area contributed by atoms with Crippen molar-refractivity contribution in [1.82, 2.24) is 5.32 Å². The average molecular weight is 386 g/mol. The molecule has 5 nitrogen and oxygen atoms in total. The Bertz CT molecular complexity index is 628. The number of hydrogen-bond donors (Lipinski definition) is 2. The maximum Gasteiger partial charge on any atom is 0.325 e. The summed E-state index contributed by atoms with van der Waals surface area (Å²) < 4.78 is 5.39. The number of carbonyl (C=O) groups is 2. The maximum absolute atomic E-state index is 12.2. The molecule has 0 saturated carbocycles. The third-order valence-corrected chi connectivity index (χ3v) is 4.03. The minimum absolute atomic E-state index is 0.144. The van der Waals surface area contributed by atoms with Crippen LogP contribution < -0.4 is 5.32 Å². The molecule has 2 aromatic rings. The van der Waals surface area contributed by atoms with Gasteiger partial charge in [-0.1, -0.05) is 22.0 Å². The Morgan fingerprint density at radius 3 is 2.64 bits per heavy atom. The zero-order valence-corrected chi connectivity index (χ0v) is 14.5. The summed E-state index contributed by atoms with van der Waals surface area (Å²) in [5.41, 5.74) is 1.36. The van der Waals surface area contributed by atoms with Crippen LogP contribution in [0.1, 0.15) is 10.4 Å². The first kappa shape index (κ1) is 18.3. The molecule has 1 aromatic heterocycles. The maximum atomic E-state index is 12.2. The van der Waals surface area contributed by atoms with Gasteiger partial charge in [-0.15, -0.1) is 11.3 Å². The van der Waals surface area contributed by atoms with E-state index in [0.717, 1.165) is 22.0 Å². The summed E-state index contributed by atoms with van der Waals surface area (Å²) in [4.78, 5) is 24.2. The second kappa shape index (κ2) is 9.34. The van der Waals surface area contributed by atoms with Crippen molar-refractivity contribution < 1.29 is 19.4 Å². The number of ether oxygens (including phenoxy) is 1.